The SMILES string of the molecule is COc1ccc2c(c1)CC(CN1CCC=C(C(=O)O)C1)CC2. The minimum Gasteiger partial charge on any atom is -0.497 e. The summed E-state index contributed by atoms with van der Waals surface area (Å²) in [5, 5.41) is 9.14. The first-order valence-corrected chi connectivity index (χ1v) is 7.96. The van der Waals surface area contributed by atoms with E-state index in [4.69, 9.17) is 9.84 Å². The lowest BCUT2D eigenvalue weighted by Gasteiger charge is -2.32. The van der Waals surface area contributed by atoms with Crippen LogP contribution in [0.1, 0.15) is 24.0 Å². The third kappa shape index (κ3) is 3.33. The Kier molecular flexibility index (Phi) is 4.48. The van der Waals surface area contributed by atoms with Crippen LogP contribution in [0.15, 0.2) is 29.8 Å². The van der Waals surface area contributed by atoms with Gasteiger partial charge in [-0.2, -0.15) is 0 Å². The Morgan fingerprint density at radius 1 is 1.41 bits per heavy atom. The van der Waals surface area contributed by atoms with Gasteiger partial charge >= 0.3 is 5.97 Å². The molecule has 0 radical (unpaired) electrons. The van der Waals surface area contributed by atoms with Crippen molar-refractivity contribution in [3.63, 3.8) is 0 Å². The van der Waals surface area contributed by atoms with Gasteiger partial charge in [-0.05, 0) is 54.9 Å². The highest BCUT2D eigenvalue weighted by Gasteiger charge is 2.24. The molecule has 1 heterocycles. The van der Waals surface area contributed by atoms with Gasteiger partial charge in [0.1, 0.15) is 5.75 Å². The fourth-order valence-corrected chi connectivity index (χ4v) is 3.57. The highest BCUT2D eigenvalue weighted by atomic mass is 16.5. The number of hydrogen-bond acceptors (Lipinski definition) is 3. The van der Waals surface area contributed by atoms with Crippen molar-refractivity contribution >= 4 is 5.97 Å². The Morgan fingerprint density at radius 2 is 2.27 bits per heavy atom. The van der Waals surface area contributed by atoms with Crippen molar-refractivity contribution in [3.8, 4) is 5.75 Å². The van der Waals surface area contributed by atoms with Crippen LogP contribution < -0.4 is 4.74 Å². The summed E-state index contributed by atoms with van der Waals surface area (Å²) < 4.78 is 5.32. The van der Waals surface area contributed by atoms with E-state index >= 15 is 0 Å². The molecule has 0 aromatic heterocycles. The van der Waals surface area contributed by atoms with Crippen LogP contribution in [0.4, 0.5) is 0 Å². The summed E-state index contributed by atoms with van der Waals surface area (Å²) in [6.07, 6.45) is 6.06. The molecule has 1 N–H and O–H groups in total. The van der Waals surface area contributed by atoms with E-state index in [1.54, 1.807) is 7.11 Å². The first-order valence-electron chi connectivity index (χ1n) is 7.96. The van der Waals surface area contributed by atoms with Crippen molar-refractivity contribution in [2.75, 3.05) is 26.7 Å². The summed E-state index contributed by atoms with van der Waals surface area (Å²) in [4.78, 5) is 13.4. The van der Waals surface area contributed by atoms with Gasteiger partial charge in [0.05, 0.1) is 7.11 Å². The molecular weight excluding hydrogens is 278 g/mol. The standard InChI is InChI=1S/C18H23NO3/c1-22-17-7-6-14-5-4-13(9-16(14)10-17)11-19-8-2-3-15(12-19)18(20)21/h3,6-7,10,13H,2,4-5,8-9,11-12H2,1H3,(H,20,21). The van der Waals surface area contributed by atoms with Crippen molar-refractivity contribution < 1.29 is 14.6 Å². The summed E-state index contributed by atoms with van der Waals surface area (Å²) in [6, 6.07) is 6.37. The van der Waals surface area contributed by atoms with Crippen LogP contribution in [0.25, 0.3) is 0 Å². The molecule has 0 fully saturated rings. The van der Waals surface area contributed by atoms with E-state index in [0.29, 0.717) is 18.0 Å². The number of aryl methyl sites for hydroxylation is 1. The quantitative estimate of drug-likeness (QED) is 0.928. The minimum absolute atomic E-state index is 0.545. The molecule has 0 bridgehead atoms. The van der Waals surface area contributed by atoms with E-state index in [-0.39, 0.29) is 0 Å². The molecule has 0 spiro atoms. The van der Waals surface area contributed by atoms with Crippen molar-refractivity contribution in [1.82, 2.24) is 4.90 Å². The second-order valence-electron chi connectivity index (χ2n) is 6.30. The van der Waals surface area contributed by atoms with Crippen molar-refractivity contribution in [3.05, 3.63) is 41.0 Å². The van der Waals surface area contributed by atoms with Crippen LogP contribution in [0.2, 0.25) is 0 Å². The minimum atomic E-state index is -0.775. The number of carboxylic acids is 1. The third-order valence-electron chi connectivity index (χ3n) is 4.77. The zero-order valence-electron chi connectivity index (χ0n) is 13.0. The van der Waals surface area contributed by atoms with Gasteiger partial charge in [0.15, 0.2) is 0 Å². The number of carboxylic acid groups (broad SMARTS) is 1. The number of rotatable bonds is 4. The summed E-state index contributed by atoms with van der Waals surface area (Å²) in [5.41, 5.74) is 3.37. The molecule has 0 saturated carbocycles. The van der Waals surface area contributed by atoms with Crippen LogP contribution in [-0.4, -0.2) is 42.7 Å². The first kappa shape index (κ1) is 15.1. The lowest BCUT2D eigenvalue weighted by atomic mass is 9.83. The normalized spacial score (nSPS) is 21.9. The van der Waals surface area contributed by atoms with Gasteiger partial charge in [0, 0.05) is 25.2 Å². The molecule has 0 saturated heterocycles. The smallest absolute Gasteiger partial charge is 0.332 e. The molecule has 1 aliphatic carbocycles. The molecule has 1 unspecified atom stereocenters. The topological polar surface area (TPSA) is 49.8 Å². The molecule has 4 nitrogen and oxygen atoms in total. The Balaban J connectivity index is 1.63. The second-order valence-corrected chi connectivity index (χ2v) is 6.30. The number of nitrogens with zero attached hydrogens (tertiary/aromatic N) is 1. The van der Waals surface area contributed by atoms with Crippen molar-refractivity contribution in [1.29, 1.82) is 0 Å². The molecular formula is C18H23NO3. The van der Waals surface area contributed by atoms with Crippen LogP contribution >= 0.6 is 0 Å². The molecule has 4 heteroatoms. The molecule has 22 heavy (non-hydrogen) atoms. The zero-order valence-corrected chi connectivity index (χ0v) is 13.0. The van der Waals surface area contributed by atoms with E-state index < -0.39 is 5.97 Å². The maximum absolute atomic E-state index is 11.1. The van der Waals surface area contributed by atoms with Gasteiger partial charge in [0.2, 0.25) is 0 Å². The number of hydrogen-bond donors (Lipinski definition) is 1. The Morgan fingerprint density at radius 3 is 3.05 bits per heavy atom. The summed E-state index contributed by atoms with van der Waals surface area (Å²) in [7, 11) is 1.70. The fraction of sp³-hybridized carbons (Fsp3) is 0.500. The molecule has 2 aliphatic rings. The number of benzene rings is 1. The predicted molar refractivity (Wildman–Crippen MR) is 85.3 cm³/mol. The fourth-order valence-electron chi connectivity index (χ4n) is 3.57. The summed E-state index contributed by atoms with van der Waals surface area (Å²) >= 11 is 0. The molecule has 1 atom stereocenters. The predicted octanol–water partition coefficient (Wildman–Crippen LogP) is 2.52. The van der Waals surface area contributed by atoms with Crippen molar-refractivity contribution in [2.45, 2.75) is 25.7 Å². The van der Waals surface area contributed by atoms with E-state index in [9.17, 15) is 4.79 Å². The van der Waals surface area contributed by atoms with E-state index in [0.717, 1.165) is 38.1 Å². The van der Waals surface area contributed by atoms with Gasteiger partial charge < -0.3 is 9.84 Å². The van der Waals surface area contributed by atoms with Crippen molar-refractivity contribution in [2.24, 2.45) is 5.92 Å². The lowest BCUT2D eigenvalue weighted by Crippen LogP contribution is -2.37. The average Bonchev–Trinajstić information content (AvgIpc) is 2.54. The maximum atomic E-state index is 11.1. The molecule has 118 valence electrons. The number of aliphatic carboxylic acids is 1. The lowest BCUT2D eigenvalue weighted by molar-refractivity contribution is -0.133. The number of carbonyl (C=O) groups is 1. The van der Waals surface area contributed by atoms with Crippen LogP contribution in [0, 0.1) is 5.92 Å². The number of fused-ring (bicyclic) bond motifs is 1. The van der Waals surface area contributed by atoms with E-state index in [1.165, 1.54) is 17.5 Å². The number of methoxy groups -OCH3 is 1. The largest absolute Gasteiger partial charge is 0.497 e. The average molecular weight is 301 g/mol. The summed E-state index contributed by atoms with van der Waals surface area (Å²) in [5.74, 6) is 0.754. The maximum Gasteiger partial charge on any atom is 0.332 e. The summed E-state index contributed by atoms with van der Waals surface area (Å²) in [6.45, 7) is 2.54. The third-order valence-corrected chi connectivity index (χ3v) is 4.77. The number of ether oxygens (including phenoxy) is 1. The highest BCUT2D eigenvalue weighted by Crippen LogP contribution is 2.29. The van der Waals surface area contributed by atoms with E-state index in [1.807, 2.05) is 12.1 Å². The van der Waals surface area contributed by atoms with Crippen LogP contribution in [0.5, 0.6) is 5.75 Å². The Hall–Kier alpha value is -1.81. The van der Waals surface area contributed by atoms with Gasteiger partial charge in [-0.15, -0.1) is 0 Å². The van der Waals surface area contributed by atoms with Gasteiger partial charge in [0.25, 0.3) is 0 Å². The molecule has 1 aromatic carbocycles. The van der Waals surface area contributed by atoms with Gasteiger partial charge in [-0.1, -0.05) is 12.1 Å². The molecule has 1 aromatic rings. The zero-order chi connectivity index (χ0) is 15.5. The molecule has 1 aliphatic heterocycles. The Bertz CT molecular complexity index is 594. The highest BCUT2D eigenvalue weighted by molar-refractivity contribution is 5.87. The molecule has 0 amide bonds. The second kappa shape index (κ2) is 6.53. The van der Waals surface area contributed by atoms with Crippen LogP contribution in [0.3, 0.4) is 0 Å². The molecule has 3 rings (SSSR count). The van der Waals surface area contributed by atoms with Gasteiger partial charge in [-0.3, -0.25) is 4.90 Å². The first-order chi connectivity index (χ1) is 10.7. The Labute approximate surface area is 131 Å². The van der Waals surface area contributed by atoms with Crippen LogP contribution in [-0.2, 0) is 17.6 Å². The monoisotopic (exact) mass is 301 g/mol. The van der Waals surface area contributed by atoms with Gasteiger partial charge in [-0.25, -0.2) is 4.79 Å². The van der Waals surface area contributed by atoms with E-state index in [2.05, 4.69) is 17.0 Å².